The maximum absolute atomic E-state index is 11.5. The van der Waals surface area contributed by atoms with Gasteiger partial charge in [0, 0.05) is 18.6 Å². The van der Waals surface area contributed by atoms with E-state index in [1.54, 1.807) is 0 Å². The van der Waals surface area contributed by atoms with E-state index < -0.39 is 23.8 Å². The molecular formula is C11H18N2O5S. The average molecular weight is 290 g/mol. The Morgan fingerprint density at radius 3 is 2.37 bits per heavy atom. The van der Waals surface area contributed by atoms with Crippen LogP contribution in [-0.2, 0) is 23.9 Å². The number of methoxy groups -OCH3 is 1. The van der Waals surface area contributed by atoms with Crippen LogP contribution < -0.4 is 11.1 Å². The zero-order valence-electron chi connectivity index (χ0n) is 10.9. The molecule has 0 spiro atoms. The van der Waals surface area contributed by atoms with Gasteiger partial charge in [-0.05, 0) is 6.92 Å². The second kappa shape index (κ2) is 9.37. The molecule has 0 saturated carbocycles. The van der Waals surface area contributed by atoms with Gasteiger partial charge in [0.25, 0.3) is 0 Å². The fourth-order valence-electron chi connectivity index (χ4n) is 1.14. The molecule has 8 heteroatoms. The van der Waals surface area contributed by atoms with Crippen LogP contribution in [0.5, 0.6) is 0 Å². The zero-order valence-corrected chi connectivity index (χ0v) is 11.7. The summed E-state index contributed by atoms with van der Waals surface area (Å²) in [6, 6.07) is -0.853. The van der Waals surface area contributed by atoms with Gasteiger partial charge in [0.1, 0.15) is 11.8 Å². The van der Waals surface area contributed by atoms with E-state index in [1.807, 2.05) is 0 Å². The molecule has 7 nitrogen and oxygen atoms in total. The van der Waals surface area contributed by atoms with Crippen LogP contribution >= 0.6 is 11.8 Å². The van der Waals surface area contributed by atoms with Crippen molar-refractivity contribution in [2.45, 2.75) is 25.8 Å². The Bertz CT molecular complexity index is 359. The molecule has 19 heavy (non-hydrogen) atoms. The molecule has 0 aromatic carbocycles. The number of amides is 2. The molecular weight excluding hydrogens is 272 g/mol. The highest BCUT2D eigenvalue weighted by atomic mass is 32.2. The third kappa shape index (κ3) is 9.06. The van der Waals surface area contributed by atoms with Crippen molar-refractivity contribution < 1.29 is 23.9 Å². The molecule has 0 aromatic heterocycles. The van der Waals surface area contributed by atoms with Crippen LogP contribution in [0.15, 0.2) is 0 Å². The lowest BCUT2D eigenvalue weighted by Gasteiger charge is -2.15. The Kier molecular flexibility index (Phi) is 8.60. The van der Waals surface area contributed by atoms with Gasteiger partial charge in [-0.2, -0.15) is 0 Å². The van der Waals surface area contributed by atoms with Crippen molar-refractivity contribution in [2.24, 2.45) is 5.73 Å². The number of primary amides is 1. The summed E-state index contributed by atoms with van der Waals surface area (Å²) in [5.74, 6) is -1.39. The maximum Gasteiger partial charge on any atom is 0.329 e. The number of carbonyl (C=O) groups is 4. The van der Waals surface area contributed by atoms with Gasteiger partial charge in [-0.1, -0.05) is 0 Å². The van der Waals surface area contributed by atoms with Crippen LogP contribution in [0.2, 0.25) is 0 Å². The number of nitrogens with one attached hydrogen (secondary N) is 1. The fourth-order valence-corrected chi connectivity index (χ4v) is 1.92. The summed E-state index contributed by atoms with van der Waals surface area (Å²) in [6.07, 6.45) is 0.136. The van der Waals surface area contributed by atoms with E-state index in [9.17, 15) is 19.2 Å². The Morgan fingerprint density at radius 1 is 1.26 bits per heavy atom. The predicted octanol–water partition coefficient (Wildman–Crippen LogP) is -0.768. The van der Waals surface area contributed by atoms with Crippen LogP contribution in [0.25, 0.3) is 0 Å². The average Bonchev–Trinajstić information content (AvgIpc) is 2.33. The monoisotopic (exact) mass is 290 g/mol. The lowest BCUT2D eigenvalue weighted by atomic mass is 10.2. The largest absolute Gasteiger partial charge is 0.467 e. The Balaban J connectivity index is 4.26. The number of hydrogen-bond acceptors (Lipinski definition) is 6. The molecule has 0 fully saturated rings. The Hall–Kier alpha value is -1.57. The summed E-state index contributed by atoms with van der Waals surface area (Å²) in [6.45, 7) is 1.38. The van der Waals surface area contributed by atoms with E-state index in [2.05, 4.69) is 10.1 Å². The highest BCUT2D eigenvalue weighted by Crippen LogP contribution is 2.04. The van der Waals surface area contributed by atoms with Gasteiger partial charge in [0.15, 0.2) is 0 Å². The number of hydrogen-bond donors (Lipinski definition) is 2. The van der Waals surface area contributed by atoms with E-state index >= 15 is 0 Å². The minimum absolute atomic E-state index is 0.0172. The number of ketones is 1. The van der Waals surface area contributed by atoms with Gasteiger partial charge in [0.05, 0.1) is 12.9 Å². The van der Waals surface area contributed by atoms with Gasteiger partial charge < -0.3 is 20.6 Å². The lowest BCUT2D eigenvalue weighted by molar-refractivity contribution is -0.144. The first-order valence-electron chi connectivity index (χ1n) is 5.59. The van der Waals surface area contributed by atoms with Gasteiger partial charge >= 0.3 is 5.97 Å². The molecule has 0 aliphatic carbocycles. The van der Waals surface area contributed by atoms with Crippen molar-refractivity contribution in [1.29, 1.82) is 0 Å². The minimum atomic E-state index is -0.853. The SMILES string of the molecule is COC(=O)C(CSCC(N)=O)NC(=O)CCC(C)=O. The number of rotatable bonds is 9. The lowest BCUT2D eigenvalue weighted by Crippen LogP contribution is -2.43. The van der Waals surface area contributed by atoms with Crippen molar-refractivity contribution in [3.63, 3.8) is 0 Å². The summed E-state index contributed by atoms with van der Waals surface area (Å²) in [5, 5.41) is 2.46. The summed E-state index contributed by atoms with van der Waals surface area (Å²) in [5.41, 5.74) is 4.97. The number of ether oxygens (including phenoxy) is 1. The molecule has 0 aliphatic rings. The second-order valence-electron chi connectivity index (χ2n) is 3.83. The standard InChI is InChI=1S/C11H18N2O5S/c1-7(14)3-4-10(16)13-8(11(17)18-2)5-19-6-9(12)15/h8H,3-6H2,1-2H3,(H2,12,15)(H,13,16). The normalized spacial score (nSPS) is 11.5. The number of thioether (sulfide) groups is 1. The minimum Gasteiger partial charge on any atom is -0.467 e. The molecule has 2 amide bonds. The molecule has 3 N–H and O–H groups in total. The van der Waals surface area contributed by atoms with Crippen molar-refractivity contribution in [2.75, 3.05) is 18.6 Å². The van der Waals surface area contributed by atoms with Gasteiger partial charge in [-0.25, -0.2) is 4.79 Å². The first kappa shape index (κ1) is 17.4. The summed E-state index contributed by atoms with van der Waals surface area (Å²) >= 11 is 1.12. The van der Waals surface area contributed by atoms with E-state index in [0.29, 0.717) is 0 Å². The van der Waals surface area contributed by atoms with E-state index in [0.717, 1.165) is 11.8 Å². The molecule has 0 aromatic rings. The van der Waals surface area contributed by atoms with Crippen molar-refractivity contribution in [3.8, 4) is 0 Å². The molecule has 0 heterocycles. The molecule has 0 rings (SSSR count). The number of esters is 1. The Labute approximate surface area is 115 Å². The van der Waals surface area contributed by atoms with Crippen LogP contribution in [0, 0.1) is 0 Å². The molecule has 0 aliphatic heterocycles. The van der Waals surface area contributed by atoms with Crippen LogP contribution in [0.4, 0.5) is 0 Å². The van der Waals surface area contributed by atoms with Crippen LogP contribution in [0.3, 0.4) is 0 Å². The number of carbonyl (C=O) groups excluding carboxylic acids is 4. The predicted molar refractivity (Wildman–Crippen MR) is 70.4 cm³/mol. The third-order valence-corrected chi connectivity index (χ3v) is 3.11. The number of nitrogens with two attached hydrogens (primary N) is 1. The summed E-state index contributed by atoms with van der Waals surface area (Å²) in [4.78, 5) is 44.3. The first-order chi connectivity index (χ1) is 8.86. The first-order valence-corrected chi connectivity index (χ1v) is 6.75. The fraction of sp³-hybridized carbons (Fsp3) is 0.636. The van der Waals surface area contributed by atoms with E-state index in [1.165, 1.54) is 14.0 Å². The van der Waals surface area contributed by atoms with Crippen molar-refractivity contribution in [3.05, 3.63) is 0 Å². The van der Waals surface area contributed by atoms with E-state index in [-0.39, 0.29) is 30.1 Å². The maximum atomic E-state index is 11.5. The van der Waals surface area contributed by atoms with Crippen LogP contribution in [0.1, 0.15) is 19.8 Å². The topological polar surface area (TPSA) is 116 Å². The molecule has 108 valence electrons. The van der Waals surface area contributed by atoms with Crippen molar-refractivity contribution >= 4 is 35.3 Å². The quantitative estimate of drug-likeness (QED) is 0.539. The van der Waals surface area contributed by atoms with Gasteiger partial charge in [-0.15, -0.1) is 11.8 Å². The van der Waals surface area contributed by atoms with Crippen molar-refractivity contribution in [1.82, 2.24) is 5.32 Å². The van der Waals surface area contributed by atoms with E-state index in [4.69, 9.17) is 5.73 Å². The highest BCUT2D eigenvalue weighted by Gasteiger charge is 2.21. The van der Waals surface area contributed by atoms with Crippen LogP contribution in [-0.4, -0.2) is 48.2 Å². The molecule has 1 atom stereocenters. The third-order valence-electron chi connectivity index (χ3n) is 2.05. The van der Waals surface area contributed by atoms with Gasteiger partial charge in [0.2, 0.25) is 11.8 Å². The molecule has 0 radical (unpaired) electrons. The summed E-state index contributed by atoms with van der Waals surface area (Å²) in [7, 11) is 1.20. The zero-order chi connectivity index (χ0) is 14.8. The number of Topliss-reactive ketones (excluding diaryl/α,β-unsaturated/α-hetero) is 1. The molecule has 0 saturated heterocycles. The molecule has 0 bridgehead atoms. The van der Waals surface area contributed by atoms with Gasteiger partial charge in [-0.3, -0.25) is 9.59 Å². The summed E-state index contributed by atoms with van der Waals surface area (Å²) < 4.78 is 4.55. The smallest absolute Gasteiger partial charge is 0.329 e. The Morgan fingerprint density at radius 2 is 1.89 bits per heavy atom. The highest BCUT2D eigenvalue weighted by molar-refractivity contribution is 8.00. The molecule has 1 unspecified atom stereocenters. The second-order valence-corrected chi connectivity index (χ2v) is 4.86.